The summed E-state index contributed by atoms with van der Waals surface area (Å²) in [5, 5.41) is 2.91. The van der Waals surface area contributed by atoms with Gasteiger partial charge in [-0.05, 0) is 55.7 Å². The number of anilines is 2. The average molecular weight is 394 g/mol. The number of thiophene rings is 1. The average Bonchev–Trinajstić information content (AvgIpc) is 3.26. The van der Waals surface area contributed by atoms with Crippen LogP contribution in [0.2, 0.25) is 0 Å². The lowest BCUT2D eigenvalue weighted by Gasteiger charge is -2.17. The molecule has 1 saturated heterocycles. The number of rotatable bonds is 7. The summed E-state index contributed by atoms with van der Waals surface area (Å²) in [6, 6.07) is 11.6. The van der Waals surface area contributed by atoms with Crippen LogP contribution in [0.1, 0.15) is 27.4 Å². The Labute approximate surface area is 158 Å². The molecule has 26 heavy (non-hydrogen) atoms. The van der Waals surface area contributed by atoms with Crippen LogP contribution < -0.4 is 14.9 Å². The first-order valence-electron chi connectivity index (χ1n) is 8.60. The molecule has 0 radical (unpaired) electrons. The van der Waals surface area contributed by atoms with Crippen LogP contribution in [0.5, 0.6) is 0 Å². The van der Waals surface area contributed by atoms with Crippen LogP contribution in [-0.2, 0) is 16.4 Å². The second-order valence-electron chi connectivity index (χ2n) is 6.38. The molecule has 3 rings (SSSR count). The van der Waals surface area contributed by atoms with Gasteiger partial charge in [-0.1, -0.05) is 0 Å². The molecule has 1 fully saturated rings. The van der Waals surface area contributed by atoms with Gasteiger partial charge in [0.1, 0.15) is 0 Å². The molecule has 2 aromatic rings. The van der Waals surface area contributed by atoms with Crippen molar-refractivity contribution in [3.05, 3.63) is 46.2 Å². The number of hydrogen-bond acceptors (Lipinski definition) is 5. The minimum absolute atomic E-state index is 0.147. The third-order valence-corrected chi connectivity index (χ3v) is 6.09. The molecule has 8 heteroatoms. The third kappa shape index (κ3) is 5.30. The number of benzene rings is 1. The zero-order chi connectivity index (χ0) is 18.6. The van der Waals surface area contributed by atoms with Crippen molar-refractivity contribution in [3.8, 4) is 0 Å². The fraction of sp³-hybridized carbons (Fsp3) is 0.389. The molecule has 1 amide bonds. The monoisotopic (exact) mass is 393 g/mol. The Bertz CT molecular complexity index is 854. The minimum Gasteiger partial charge on any atom is -0.372 e. The molecule has 2 N–H and O–H groups in total. The van der Waals surface area contributed by atoms with Gasteiger partial charge in [-0.3, -0.25) is 4.79 Å². The van der Waals surface area contributed by atoms with E-state index in [9.17, 15) is 13.2 Å². The van der Waals surface area contributed by atoms with Crippen molar-refractivity contribution in [1.29, 1.82) is 0 Å². The van der Waals surface area contributed by atoms with E-state index in [4.69, 9.17) is 0 Å². The molecule has 1 aliphatic rings. The first kappa shape index (κ1) is 18.9. The number of amides is 1. The zero-order valence-corrected chi connectivity index (χ0v) is 16.3. The molecule has 0 aliphatic carbocycles. The van der Waals surface area contributed by atoms with Crippen molar-refractivity contribution >= 4 is 38.6 Å². The molecule has 1 aliphatic heterocycles. The van der Waals surface area contributed by atoms with Crippen LogP contribution in [0, 0.1) is 0 Å². The Morgan fingerprint density at radius 2 is 1.81 bits per heavy atom. The smallest absolute Gasteiger partial charge is 0.265 e. The van der Waals surface area contributed by atoms with Crippen LogP contribution in [-0.4, -0.2) is 40.2 Å². The molecule has 1 aromatic heterocycles. The van der Waals surface area contributed by atoms with Crippen molar-refractivity contribution in [1.82, 2.24) is 4.72 Å². The molecule has 6 nitrogen and oxygen atoms in total. The fourth-order valence-electron chi connectivity index (χ4n) is 2.92. The molecule has 0 atom stereocenters. The number of sulfonamides is 1. The lowest BCUT2D eigenvalue weighted by molar-refractivity contribution is 0.103. The van der Waals surface area contributed by atoms with E-state index in [0.717, 1.165) is 29.9 Å². The number of hydrogen-bond donors (Lipinski definition) is 2. The van der Waals surface area contributed by atoms with Gasteiger partial charge in [-0.2, -0.15) is 0 Å². The predicted molar refractivity (Wildman–Crippen MR) is 107 cm³/mol. The summed E-state index contributed by atoms with van der Waals surface area (Å²) < 4.78 is 24.6. The van der Waals surface area contributed by atoms with E-state index < -0.39 is 10.0 Å². The van der Waals surface area contributed by atoms with E-state index in [2.05, 4.69) is 14.9 Å². The van der Waals surface area contributed by atoms with Gasteiger partial charge < -0.3 is 10.2 Å². The largest absolute Gasteiger partial charge is 0.372 e. The Hall–Kier alpha value is -1.90. The number of carbonyl (C=O) groups is 1. The maximum absolute atomic E-state index is 12.4. The summed E-state index contributed by atoms with van der Waals surface area (Å²) in [6.45, 7) is 2.52. The van der Waals surface area contributed by atoms with Crippen LogP contribution in [0.4, 0.5) is 11.4 Å². The van der Waals surface area contributed by atoms with Gasteiger partial charge in [0.25, 0.3) is 5.91 Å². The molecule has 0 bridgehead atoms. The Balaban J connectivity index is 1.54. The molecule has 0 unspecified atom stereocenters. The molecular formula is C18H23N3O3S2. The maximum Gasteiger partial charge on any atom is 0.265 e. The van der Waals surface area contributed by atoms with Gasteiger partial charge in [0.05, 0.1) is 11.1 Å². The first-order valence-corrected chi connectivity index (χ1v) is 11.3. The van der Waals surface area contributed by atoms with Crippen LogP contribution in [0.15, 0.2) is 36.4 Å². The lowest BCUT2D eigenvalue weighted by Crippen LogP contribution is -2.24. The highest BCUT2D eigenvalue weighted by atomic mass is 32.2. The van der Waals surface area contributed by atoms with Gasteiger partial charge in [0.2, 0.25) is 10.0 Å². The van der Waals surface area contributed by atoms with E-state index in [-0.39, 0.29) is 5.91 Å². The number of nitrogens with zero attached hydrogens (tertiary/aromatic N) is 1. The van der Waals surface area contributed by atoms with Gasteiger partial charge in [-0.25, -0.2) is 13.1 Å². The van der Waals surface area contributed by atoms with Crippen molar-refractivity contribution in [2.75, 3.05) is 36.1 Å². The van der Waals surface area contributed by atoms with E-state index in [1.54, 1.807) is 6.07 Å². The van der Waals surface area contributed by atoms with E-state index in [0.29, 0.717) is 17.8 Å². The topological polar surface area (TPSA) is 78.5 Å². The van der Waals surface area contributed by atoms with Crippen molar-refractivity contribution in [2.24, 2.45) is 0 Å². The second-order valence-corrected chi connectivity index (χ2v) is 9.38. The molecular weight excluding hydrogens is 370 g/mol. The first-order chi connectivity index (χ1) is 12.4. The van der Waals surface area contributed by atoms with Crippen molar-refractivity contribution in [2.45, 2.75) is 19.3 Å². The van der Waals surface area contributed by atoms with Crippen LogP contribution >= 0.6 is 11.3 Å². The van der Waals surface area contributed by atoms with E-state index in [1.165, 1.54) is 29.9 Å². The van der Waals surface area contributed by atoms with Gasteiger partial charge in [0, 0.05) is 35.9 Å². The molecule has 2 heterocycles. The van der Waals surface area contributed by atoms with Gasteiger partial charge >= 0.3 is 0 Å². The standard InChI is InChI=1S/C18H23N3O3S2/c1-26(23,24)19-11-10-16-8-9-17(25-16)18(22)20-14-4-6-15(7-5-14)21-12-2-3-13-21/h4-9,19H,2-3,10-13H2,1H3,(H,20,22). The highest BCUT2D eigenvalue weighted by Gasteiger charge is 2.13. The predicted octanol–water partition coefficient (Wildman–Crippen LogP) is 2.69. The summed E-state index contributed by atoms with van der Waals surface area (Å²) in [6.07, 6.45) is 4.17. The fourth-order valence-corrected chi connectivity index (χ4v) is 4.29. The van der Waals surface area contributed by atoms with Crippen molar-refractivity contribution in [3.63, 3.8) is 0 Å². The summed E-state index contributed by atoms with van der Waals surface area (Å²) in [7, 11) is -3.18. The zero-order valence-electron chi connectivity index (χ0n) is 14.7. The summed E-state index contributed by atoms with van der Waals surface area (Å²) in [4.78, 5) is 16.3. The molecule has 1 aromatic carbocycles. The van der Waals surface area contributed by atoms with Gasteiger partial charge in [-0.15, -0.1) is 11.3 Å². The highest BCUT2D eigenvalue weighted by Crippen LogP contribution is 2.23. The quantitative estimate of drug-likeness (QED) is 0.758. The van der Waals surface area contributed by atoms with E-state index >= 15 is 0 Å². The number of carbonyl (C=O) groups excluding carboxylic acids is 1. The number of nitrogens with one attached hydrogen (secondary N) is 2. The lowest BCUT2D eigenvalue weighted by atomic mass is 10.2. The van der Waals surface area contributed by atoms with Gasteiger partial charge in [0.15, 0.2) is 0 Å². The van der Waals surface area contributed by atoms with E-state index in [1.807, 2.05) is 30.3 Å². The Morgan fingerprint density at radius 1 is 1.12 bits per heavy atom. The minimum atomic E-state index is -3.18. The summed E-state index contributed by atoms with van der Waals surface area (Å²) >= 11 is 1.38. The van der Waals surface area contributed by atoms with Crippen LogP contribution in [0.3, 0.4) is 0 Å². The normalized spacial score (nSPS) is 14.6. The molecule has 0 saturated carbocycles. The maximum atomic E-state index is 12.4. The summed E-state index contributed by atoms with van der Waals surface area (Å²) in [5.74, 6) is -0.147. The Kier molecular flexibility index (Phi) is 5.95. The summed E-state index contributed by atoms with van der Waals surface area (Å²) in [5.41, 5.74) is 1.96. The van der Waals surface area contributed by atoms with Crippen LogP contribution in [0.25, 0.3) is 0 Å². The SMILES string of the molecule is CS(=O)(=O)NCCc1ccc(C(=O)Nc2ccc(N3CCCC3)cc2)s1. The molecule has 140 valence electrons. The van der Waals surface area contributed by atoms with Crippen molar-refractivity contribution < 1.29 is 13.2 Å². The third-order valence-electron chi connectivity index (χ3n) is 4.22. The second kappa shape index (κ2) is 8.20. The Morgan fingerprint density at radius 3 is 2.46 bits per heavy atom. The molecule has 0 spiro atoms. The highest BCUT2D eigenvalue weighted by molar-refractivity contribution is 7.88.